The van der Waals surface area contributed by atoms with Crippen LogP contribution in [0.15, 0.2) is 36.2 Å². The van der Waals surface area contributed by atoms with E-state index in [1.54, 1.807) is 23.7 Å². The number of thiophene rings is 1. The maximum absolute atomic E-state index is 5.94. The molecule has 0 fully saturated rings. The molecule has 0 saturated carbocycles. The average Bonchev–Trinajstić information content (AvgIpc) is 3.25. The van der Waals surface area contributed by atoms with Gasteiger partial charge in [0.1, 0.15) is 12.0 Å². The van der Waals surface area contributed by atoms with Crippen LogP contribution in [0.1, 0.15) is 10.6 Å². The lowest BCUT2D eigenvalue weighted by Gasteiger charge is -2.24. The molecule has 0 saturated heterocycles. The van der Waals surface area contributed by atoms with Gasteiger partial charge in [-0.25, -0.2) is 14.6 Å². The van der Waals surface area contributed by atoms with Gasteiger partial charge in [-0.2, -0.15) is 0 Å². The van der Waals surface area contributed by atoms with E-state index in [9.17, 15) is 0 Å². The molecule has 1 N–H and O–H groups in total. The van der Waals surface area contributed by atoms with E-state index in [4.69, 9.17) is 4.74 Å². The fraction of sp³-hybridized carbons (Fsp3) is 0.333. The summed E-state index contributed by atoms with van der Waals surface area (Å²) in [4.78, 5) is 9.39. The van der Waals surface area contributed by atoms with E-state index in [2.05, 4.69) is 43.1 Å². The molecule has 7 nitrogen and oxygen atoms in total. The second kappa shape index (κ2) is 6.53. The van der Waals surface area contributed by atoms with Crippen molar-refractivity contribution < 1.29 is 4.74 Å². The van der Waals surface area contributed by atoms with E-state index in [1.165, 1.54) is 11.2 Å². The Bertz CT molecular complexity index is 758. The van der Waals surface area contributed by atoms with Crippen LogP contribution in [-0.2, 0) is 24.4 Å². The zero-order chi connectivity index (χ0) is 15.5. The van der Waals surface area contributed by atoms with E-state index in [-0.39, 0.29) is 6.10 Å². The van der Waals surface area contributed by atoms with Crippen LogP contribution in [0.4, 0.5) is 0 Å². The predicted octanol–water partition coefficient (Wildman–Crippen LogP) is 1.49. The van der Waals surface area contributed by atoms with E-state index in [0.29, 0.717) is 13.2 Å². The lowest BCUT2D eigenvalue weighted by molar-refractivity contribution is 0.00128. The van der Waals surface area contributed by atoms with E-state index < -0.39 is 0 Å². The maximum Gasteiger partial charge on any atom is 0.121 e. The molecule has 1 aliphatic rings. The minimum absolute atomic E-state index is 0.101. The molecular weight excluding hydrogens is 312 g/mol. The number of hydrogen-bond donors (Lipinski definition) is 1. The molecule has 0 amide bonds. The molecule has 0 radical (unpaired) electrons. The monoisotopic (exact) mass is 328 g/mol. The van der Waals surface area contributed by atoms with Crippen LogP contribution in [0.3, 0.4) is 0 Å². The minimum Gasteiger partial charge on any atom is -0.369 e. The Morgan fingerprint density at radius 2 is 2.26 bits per heavy atom. The van der Waals surface area contributed by atoms with Gasteiger partial charge < -0.3 is 10.1 Å². The normalized spacial score (nSPS) is 17.1. The van der Waals surface area contributed by atoms with Crippen LogP contribution < -0.4 is 5.32 Å². The van der Waals surface area contributed by atoms with Gasteiger partial charge in [-0.15, -0.1) is 16.4 Å². The van der Waals surface area contributed by atoms with Crippen molar-refractivity contribution in [2.24, 2.45) is 0 Å². The van der Waals surface area contributed by atoms with Gasteiger partial charge in [0.2, 0.25) is 0 Å². The SMILES string of the molecule is c1csc(CNCC2Cn3nnc(-c4cncnc4)c3CO2)c1. The minimum atomic E-state index is 0.101. The van der Waals surface area contributed by atoms with Crippen molar-refractivity contribution in [1.29, 1.82) is 0 Å². The highest BCUT2D eigenvalue weighted by Gasteiger charge is 2.24. The van der Waals surface area contributed by atoms with E-state index >= 15 is 0 Å². The predicted molar refractivity (Wildman–Crippen MR) is 85.7 cm³/mol. The van der Waals surface area contributed by atoms with Gasteiger partial charge in [-0.05, 0) is 11.4 Å². The Morgan fingerprint density at radius 3 is 3.09 bits per heavy atom. The summed E-state index contributed by atoms with van der Waals surface area (Å²) in [6.45, 7) is 2.87. The standard InChI is InChI=1S/C15H16N6OS/c1-2-13(23-3-1)7-16-6-12-8-21-14(9-22-12)15(19-20-21)11-4-17-10-18-5-11/h1-5,10,12,16H,6-9H2. The summed E-state index contributed by atoms with van der Waals surface area (Å²) in [7, 11) is 0. The van der Waals surface area contributed by atoms with Gasteiger partial charge in [-0.3, -0.25) is 0 Å². The van der Waals surface area contributed by atoms with Crippen molar-refractivity contribution >= 4 is 11.3 Å². The van der Waals surface area contributed by atoms with Crippen molar-refractivity contribution in [3.63, 3.8) is 0 Å². The first-order valence-electron chi connectivity index (χ1n) is 7.42. The molecule has 1 aliphatic heterocycles. The number of aromatic nitrogens is 5. The van der Waals surface area contributed by atoms with Crippen LogP contribution in [0.25, 0.3) is 11.3 Å². The average molecular weight is 328 g/mol. The smallest absolute Gasteiger partial charge is 0.121 e. The molecular formula is C15H16N6OS. The number of ether oxygens (including phenoxy) is 1. The zero-order valence-corrected chi connectivity index (χ0v) is 13.2. The third kappa shape index (κ3) is 3.14. The largest absolute Gasteiger partial charge is 0.369 e. The fourth-order valence-corrected chi connectivity index (χ4v) is 3.28. The highest BCUT2D eigenvalue weighted by Crippen LogP contribution is 2.23. The number of nitrogens with zero attached hydrogens (tertiary/aromatic N) is 5. The van der Waals surface area contributed by atoms with E-state index in [1.807, 2.05) is 4.68 Å². The Morgan fingerprint density at radius 1 is 1.35 bits per heavy atom. The summed E-state index contributed by atoms with van der Waals surface area (Å²) in [5.41, 5.74) is 2.65. The topological polar surface area (TPSA) is 77.8 Å². The summed E-state index contributed by atoms with van der Waals surface area (Å²) in [5, 5.41) is 14.0. The van der Waals surface area contributed by atoms with Crippen molar-refractivity contribution in [3.05, 3.63) is 46.8 Å². The summed E-state index contributed by atoms with van der Waals surface area (Å²) >= 11 is 1.76. The molecule has 8 heteroatoms. The Hall–Kier alpha value is -2.16. The zero-order valence-electron chi connectivity index (χ0n) is 12.4. The molecule has 4 heterocycles. The third-order valence-electron chi connectivity index (χ3n) is 3.76. The van der Waals surface area contributed by atoms with Crippen LogP contribution >= 0.6 is 11.3 Å². The lowest BCUT2D eigenvalue weighted by Crippen LogP contribution is -2.36. The van der Waals surface area contributed by atoms with Crippen LogP contribution in [-0.4, -0.2) is 37.6 Å². The number of hydrogen-bond acceptors (Lipinski definition) is 7. The van der Waals surface area contributed by atoms with Gasteiger partial charge in [0, 0.05) is 35.9 Å². The van der Waals surface area contributed by atoms with Crippen molar-refractivity contribution in [2.75, 3.05) is 6.54 Å². The highest BCUT2D eigenvalue weighted by molar-refractivity contribution is 7.09. The molecule has 3 aromatic heterocycles. The number of nitrogens with one attached hydrogen (secondary N) is 1. The molecule has 4 rings (SSSR count). The third-order valence-corrected chi connectivity index (χ3v) is 4.63. The van der Waals surface area contributed by atoms with Crippen molar-refractivity contribution in [1.82, 2.24) is 30.3 Å². The van der Waals surface area contributed by atoms with Crippen molar-refractivity contribution in [3.8, 4) is 11.3 Å². The van der Waals surface area contributed by atoms with Gasteiger partial charge in [0.15, 0.2) is 0 Å². The fourth-order valence-electron chi connectivity index (χ4n) is 2.60. The van der Waals surface area contributed by atoms with Crippen LogP contribution in [0.2, 0.25) is 0 Å². The molecule has 23 heavy (non-hydrogen) atoms. The quantitative estimate of drug-likeness (QED) is 0.764. The molecule has 118 valence electrons. The Balaban J connectivity index is 1.39. The summed E-state index contributed by atoms with van der Waals surface area (Å²) in [6.07, 6.45) is 5.09. The molecule has 1 atom stereocenters. The summed E-state index contributed by atoms with van der Waals surface area (Å²) in [6, 6.07) is 4.19. The summed E-state index contributed by atoms with van der Waals surface area (Å²) < 4.78 is 7.86. The Kier molecular flexibility index (Phi) is 4.10. The first-order chi connectivity index (χ1) is 11.4. The summed E-state index contributed by atoms with van der Waals surface area (Å²) in [5.74, 6) is 0. The molecule has 0 aliphatic carbocycles. The molecule has 3 aromatic rings. The molecule has 0 bridgehead atoms. The second-order valence-electron chi connectivity index (χ2n) is 5.34. The lowest BCUT2D eigenvalue weighted by atomic mass is 10.2. The maximum atomic E-state index is 5.94. The molecule has 0 aromatic carbocycles. The molecule has 1 unspecified atom stereocenters. The first-order valence-corrected chi connectivity index (χ1v) is 8.30. The van der Waals surface area contributed by atoms with Gasteiger partial charge >= 0.3 is 0 Å². The van der Waals surface area contributed by atoms with Crippen molar-refractivity contribution in [2.45, 2.75) is 25.8 Å². The van der Waals surface area contributed by atoms with Gasteiger partial charge in [-0.1, -0.05) is 11.3 Å². The molecule has 0 spiro atoms. The highest BCUT2D eigenvalue weighted by atomic mass is 32.1. The van der Waals surface area contributed by atoms with Crippen LogP contribution in [0.5, 0.6) is 0 Å². The second-order valence-corrected chi connectivity index (χ2v) is 6.37. The van der Waals surface area contributed by atoms with Gasteiger partial charge in [0.05, 0.1) is 24.9 Å². The first kappa shape index (κ1) is 14.4. The number of rotatable bonds is 5. The Labute approximate surface area is 137 Å². The van der Waals surface area contributed by atoms with E-state index in [0.717, 1.165) is 30.0 Å². The van der Waals surface area contributed by atoms with Crippen LogP contribution in [0, 0.1) is 0 Å². The van der Waals surface area contributed by atoms with Gasteiger partial charge in [0.25, 0.3) is 0 Å². The number of fused-ring (bicyclic) bond motifs is 1.